The van der Waals surface area contributed by atoms with Crippen LogP contribution >= 0.6 is 0 Å². The van der Waals surface area contributed by atoms with Crippen LogP contribution in [0, 0.1) is 11.7 Å². The Morgan fingerprint density at radius 2 is 2.24 bits per heavy atom. The summed E-state index contributed by atoms with van der Waals surface area (Å²) >= 11 is 0. The van der Waals surface area contributed by atoms with Gasteiger partial charge in [-0.05, 0) is 42.4 Å². The van der Waals surface area contributed by atoms with Crippen molar-refractivity contribution in [2.24, 2.45) is 5.92 Å². The van der Waals surface area contributed by atoms with Crippen LogP contribution < -0.4 is 0 Å². The summed E-state index contributed by atoms with van der Waals surface area (Å²) in [6.45, 7) is 2.01. The molecule has 92 valence electrons. The molecule has 0 heterocycles. The summed E-state index contributed by atoms with van der Waals surface area (Å²) in [5, 5.41) is 8.92. The number of benzene rings is 1. The monoisotopic (exact) mass is 236 g/mol. The number of aliphatic carboxylic acids is 1. The standard InChI is InChI=1S/C14H17FO2/c1-2-9-3-6-13(15)12(7-9)11(8-14(16)17)10-4-5-10/h3,6-7,10-11H,2,4-5,8H2,1H3,(H,16,17). The van der Waals surface area contributed by atoms with Crippen LogP contribution in [0.25, 0.3) is 0 Å². The van der Waals surface area contributed by atoms with Crippen LogP contribution in [0.2, 0.25) is 0 Å². The van der Waals surface area contributed by atoms with Crippen molar-refractivity contribution in [2.75, 3.05) is 0 Å². The largest absolute Gasteiger partial charge is 0.481 e. The van der Waals surface area contributed by atoms with Crippen molar-refractivity contribution < 1.29 is 14.3 Å². The van der Waals surface area contributed by atoms with Crippen molar-refractivity contribution in [2.45, 2.75) is 38.5 Å². The first kappa shape index (κ1) is 12.1. The summed E-state index contributed by atoms with van der Waals surface area (Å²) in [6, 6.07) is 5.07. The Labute approximate surface area is 100 Å². The lowest BCUT2D eigenvalue weighted by molar-refractivity contribution is -0.137. The minimum absolute atomic E-state index is 0.0365. The maximum Gasteiger partial charge on any atom is 0.303 e. The molecular formula is C14H17FO2. The van der Waals surface area contributed by atoms with E-state index in [2.05, 4.69) is 0 Å². The molecule has 0 saturated heterocycles. The highest BCUT2D eigenvalue weighted by molar-refractivity contribution is 5.68. The van der Waals surface area contributed by atoms with Crippen LogP contribution in [0.4, 0.5) is 4.39 Å². The van der Waals surface area contributed by atoms with E-state index < -0.39 is 5.97 Å². The molecular weight excluding hydrogens is 219 g/mol. The number of hydrogen-bond acceptors (Lipinski definition) is 1. The average Bonchev–Trinajstić information content (AvgIpc) is 3.10. The van der Waals surface area contributed by atoms with Crippen LogP contribution in [-0.2, 0) is 11.2 Å². The van der Waals surface area contributed by atoms with Crippen LogP contribution in [0.1, 0.15) is 43.2 Å². The Morgan fingerprint density at radius 3 is 2.76 bits per heavy atom. The smallest absolute Gasteiger partial charge is 0.303 e. The molecule has 2 nitrogen and oxygen atoms in total. The summed E-state index contributed by atoms with van der Waals surface area (Å²) in [7, 11) is 0. The molecule has 0 radical (unpaired) electrons. The van der Waals surface area contributed by atoms with Crippen molar-refractivity contribution in [1.29, 1.82) is 0 Å². The fraction of sp³-hybridized carbons (Fsp3) is 0.500. The normalized spacial score (nSPS) is 16.8. The minimum atomic E-state index is -0.844. The summed E-state index contributed by atoms with van der Waals surface area (Å²) in [5.74, 6) is -0.907. The zero-order valence-corrected chi connectivity index (χ0v) is 9.95. The van der Waals surface area contributed by atoms with E-state index in [4.69, 9.17) is 5.11 Å². The summed E-state index contributed by atoms with van der Waals surface area (Å²) in [5.41, 5.74) is 1.66. The molecule has 1 aromatic rings. The number of aryl methyl sites for hydroxylation is 1. The topological polar surface area (TPSA) is 37.3 Å². The van der Waals surface area contributed by atoms with Gasteiger partial charge in [0.05, 0.1) is 6.42 Å². The molecule has 17 heavy (non-hydrogen) atoms. The van der Waals surface area contributed by atoms with Crippen molar-refractivity contribution in [3.63, 3.8) is 0 Å². The molecule has 1 unspecified atom stereocenters. The molecule has 1 N–H and O–H groups in total. The quantitative estimate of drug-likeness (QED) is 0.851. The van der Waals surface area contributed by atoms with Gasteiger partial charge < -0.3 is 5.11 Å². The first-order valence-electron chi connectivity index (χ1n) is 6.12. The van der Waals surface area contributed by atoms with Crippen LogP contribution in [0.15, 0.2) is 18.2 Å². The highest BCUT2D eigenvalue weighted by Crippen LogP contribution is 2.45. The zero-order chi connectivity index (χ0) is 12.4. The van der Waals surface area contributed by atoms with E-state index in [1.165, 1.54) is 6.07 Å². The van der Waals surface area contributed by atoms with Gasteiger partial charge in [-0.2, -0.15) is 0 Å². The molecule has 1 saturated carbocycles. The Morgan fingerprint density at radius 1 is 1.53 bits per heavy atom. The number of carboxylic acids is 1. The number of halogens is 1. The van der Waals surface area contributed by atoms with Crippen molar-refractivity contribution >= 4 is 5.97 Å². The molecule has 2 rings (SSSR count). The van der Waals surface area contributed by atoms with Crippen molar-refractivity contribution in [3.05, 3.63) is 35.1 Å². The maximum atomic E-state index is 13.8. The second-order valence-corrected chi connectivity index (χ2v) is 4.75. The molecule has 1 aliphatic carbocycles. The highest BCUT2D eigenvalue weighted by Gasteiger charge is 2.35. The maximum absolute atomic E-state index is 13.8. The van der Waals surface area contributed by atoms with Crippen LogP contribution in [0.5, 0.6) is 0 Å². The first-order valence-corrected chi connectivity index (χ1v) is 6.12. The molecule has 0 spiro atoms. The van der Waals surface area contributed by atoms with Crippen LogP contribution in [0.3, 0.4) is 0 Å². The lowest BCUT2D eigenvalue weighted by Crippen LogP contribution is -2.10. The molecule has 1 atom stereocenters. The van der Waals surface area contributed by atoms with E-state index in [1.54, 1.807) is 6.07 Å². The van der Waals surface area contributed by atoms with Gasteiger partial charge in [0.1, 0.15) is 5.82 Å². The molecule has 1 aromatic carbocycles. The third kappa shape index (κ3) is 2.84. The number of hydrogen-bond donors (Lipinski definition) is 1. The van der Waals surface area contributed by atoms with Crippen LogP contribution in [-0.4, -0.2) is 11.1 Å². The Hall–Kier alpha value is -1.38. The van der Waals surface area contributed by atoms with Crippen molar-refractivity contribution in [3.8, 4) is 0 Å². The van der Waals surface area contributed by atoms with Gasteiger partial charge in [-0.15, -0.1) is 0 Å². The second-order valence-electron chi connectivity index (χ2n) is 4.75. The fourth-order valence-electron chi connectivity index (χ4n) is 2.31. The fourth-order valence-corrected chi connectivity index (χ4v) is 2.31. The minimum Gasteiger partial charge on any atom is -0.481 e. The third-order valence-corrected chi connectivity index (χ3v) is 3.45. The van der Waals surface area contributed by atoms with Gasteiger partial charge in [-0.1, -0.05) is 19.1 Å². The van der Waals surface area contributed by atoms with Gasteiger partial charge in [0.2, 0.25) is 0 Å². The lowest BCUT2D eigenvalue weighted by Gasteiger charge is -2.16. The SMILES string of the molecule is CCc1ccc(F)c(C(CC(=O)O)C2CC2)c1. The lowest BCUT2D eigenvalue weighted by atomic mass is 9.89. The molecule has 1 fully saturated rings. The predicted octanol–water partition coefficient (Wildman–Crippen LogP) is 3.36. The number of rotatable bonds is 5. The second kappa shape index (κ2) is 4.86. The third-order valence-electron chi connectivity index (χ3n) is 3.45. The van der Waals surface area contributed by atoms with Gasteiger partial charge in [0, 0.05) is 5.92 Å². The Kier molecular flexibility index (Phi) is 3.46. The Balaban J connectivity index is 2.30. The predicted molar refractivity (Wildman–Crippen MR) is 63.5 cm³/mol. The van der Waals surface area contributed by atoms with E-state index >= 15 is 0 Å². The zero-order valence-electron chi connectivity index (χ0n) is 9.95. The molecule has 1 aliphatic rings. The van der Waals surface area contributed by atoms with E-state index in [9.17, 15) is 9.18 Å². The van der Waals surface area contributed by atoms with Gasteiger partial charge in [0.25, 0.3) is 0 Å². The van der Waals surface area contributed by atoms with Gasteiger partial charge in [-0.3, -0.25) is 4.79 Å². The molecule has 0 aliphatic heterocycles. The number of carboxylic acid groups (broad SMARTS) is 1. The average molecular weight is 236 g/mol. The van der Waals surface area contributed by atoms with E-state index in [-0.39, 0.29) is 18.2 Å². The first-order chi connectivity index (χ1) is 8.11. The van der Waals surface area contributed by atoms with E-state index in [1.807, 2.05) is 13.0 Å². The van der Waals surface area contributed by atoms with Gasteiger partial charge in [0.15, 0.2) is 0 Å². The Bertz CT molecular complexity index is 424. The molecule has 3 heteroatoms. The van der Waals surface area contributed by atoms with E-state index in [0.29, 0.717) is 11.5 Å². The molecule has 0 amide bonds. The van der Waals surface area contributed by atoms with Gasteiger partial charge in [-0.25, -0.2) is 4.39 Å². The summed E-state index contributed by atoms with van der Waals surface area (Å²) in [4.78, 5) is 10.9. The molecule has 0 bridgehead atoms. The molecule has 0 aromatic heterocycles. The summed E-state index contributed by atoms with van der Waals surface area (Å²) < 4.78 is 13.8. The van der Waals surface area contributed by atoms with Gasteiger partial charge >= 0.3 is 5.97 Å². The van der Waals surface area contributed by atoms with E-state index in [0.717, 1.165) is 24.8 Å². The highest BCUT2D eigenvalue weighted by atomic mass is 19.1. The number of carbonyl (C=O) groups is 1. The summed E-state index contributed by atoms with van der Waals surface area (Å²) in [6.07, 6.45) is 2.92. The van der Waals surface area contributed by atoms with Crippen molar-refractivity contribution in [1.82, 2.24) is 0 Å².